The third-order valence-electron chi connectivity index (χ3n) is 6.56. The molecule has 0 amide bonds. The number of hydrogen-bond acceptors (Lipinski definition) is 5. The lowest BCUT2D eigenvalue weighted by Crippen LogP contribution is -2.47. The predicted molar refractivity (Wildman–Crippen MR) is 134 cm³/mol. The molecule has 0 atom stereocenters. The van der Waals surface area contributed by atoms with Crippen LogP contribution in [0.15, 0.2) is 67.1 Å². The first-order valence-electron chi connectivity index (χ1n) is 11.8. The number of methoxy groups -OCH3 is 1. The van der Waals surface area contributed by atoms with Crippen LogP contribution in [0.3, 0.4) is 0 Å². The fourth-order valence-corrected chi connectivity index (χ4v) is 4.67. The van der Waals surface area contributed by atoms with E-state index in [-0.39, 0.29) is 0 Å². The molecule has 33 heavy (non-hydrogen) atoms. The topological polar surface area (TPSA) is 57.3 Å². The summed E-state index contributed by atoms with van der Waals surface area (Å²) in [6, 6.07) is 16.5. The monoisotopic (exact) mass is 441 g/mol. The number of piperazine rings is 1. The van der Waals surface area contributed by atoms with E-state index in [1.54, 1.807) is 7.11 Å². The number of fused-ring (bicyclic) bond motifs is 1. The van der Waals surface area contributed by atoms with Gasteiger partial charge in [0.25, 0.3) is 0 Å². The summed E-state index contributed by atoms with van der Waals surface area (Å²) in [6.07, 6.45) is 9.55. The van der Waals surface area contributed by atoms with Crippen molar-refractivity contribution < 1.29 is 4.74 Å². The molecule has 2 aromatic heterocycles. The Hall–Kier alpha value is -3.38. The maximum absolute atomic E-state index is 5.47. The second-order valence-electron chi connectivity index (χ2n) is 8.62. The third-order valence-corrected chi connectivity index (χ3v) is 6.56. The molecule has 3 heterocycles. The van der Waals surface area contributed by atoms with E-state index in [0.717, 1.165) is 62.0 Å². The van der Waals surface area contributed by atoms with Crippen LogP contribution in [0.5, 0.6) is 5.75 Å². The fraction of sp³-hybridized carbons (Fsp3) is 0.333. The average Bonchev–Trinajstić information content (AvgIpc) is 3.30. The molecule has 4 aromatic rings. The lowest BCUT2D eigenvalue weighted by Gasteiger charge is -2.34. The first kappa shape index (κ1) is 21.5. The Labute approximate surface area is 195 Å². The molecule has 1 fully saturated rings. The van der Waals surface area contributed by atoms with Crippen molar-refractivity contribution in [2.24, 2.45) is 0 Å². The van der Waals surface area contributed by atoms with Gasteiger partial charge in [0.2, 0.25) is 5.95 Å². The van der Waals surface area contributed by atoms with Crippen molar-refractivity contribution in [2.75, 3.05) is 44.7 Å². The zero-order valence-electron chi connectivity index (χ0n) is 19.2. The van der Waals surface area contributed by atoms with E-state index in [0.29, 0.717) is 0 Å². The van der Waals surface area contributed by atoms with Crippen LogP contribution in [0, 0.1) is 0 Å². The van der Waals surface area contributed by atoms with Gasteiger partial charge in [-0.2, -0.15) is 0 Å². The minimum absolute atomic E-state index is 0.813. The number of ether oxygens (including phenoxy) is 1. The standard InChI is InChI=1S/C27H31N5O/c1-33-26-12-5-3-10-24(26)22-19-29-27(30-20-22)32-16-14-31(15-17-32)13-7-6-8-21-18-28-25-11-4-2-9-23(21)25/h2-5,9-12,18-20,28H,6-8,13-17H2,1H3. The van der Waals surface area contributed by atoms with Gasteiger partial charge in [-0.1, -0.05) is 36.4 Å². The van der Waals surface area contributed by atoms with E-state index in [2.05, 4.69) is 55.2 Å². The Morgan fingerprint density at radius 1 is 0.909 bits per heavy atom. The Kier molecular flexibility index (Phi) is 6.53. The minimum atomic E-state index is 0.813. The van der Waals surface area contributed by atoms with E-state index in [4.69, 9.17) is 4.74 Å². The summed E-state index contributed by atoms with van der Waals surface area (Å²) in [4.78, 5) is 17.5. The van der Waals surface area contributed by atoms with Crippen LogP contribution in [0.25, 0.3) is 22.0 Å². The molecule has 6 heteroatoms. The highest BCUT2D eigenvalue weighted by atomic mass is 16.5. The normalized spacial score (nSPS) is 14.6. The van der Waals surface area contributed by atoms with Crippen molar-refractivity contribution in [1.82, 2.24) is 19.9 Å². The van der Waals surface area contributed by atoms with Gasteiger partial charge in [-0.15, -0.1) is 0 Å². The molecule has 0 spiro atoms. The van der Waals surface area contributed by atoms with Gasteiger partial charge in [0, 0.05) is 66.8 Å². The molecule has 5 rings (SSSR count). The van der Waals surface area contributed by atoms with Crippen LogP contribution in [0.1, 0.15) is 18.4 Å². The number of aromatic nitrogens is 3. The van der Waals surface area contributed by atoms with Gasteiger partial charge in [-0.05, 0) is 43.5 Å². The van der Waals surface area contributed by atoms with Crippen molar-refractivity contribution in [3.05, 3.63) is 72.7 Å². The summed E-state index contributed by atoms with van der Waals surface area (Å²) in [5, 5.41) is 1.36. The molecular formula is C27H31N5O. The molecule has 2 aromatic carbocycles. The largest absolute Gasteiger partial charge is 0.496 e. The van der Waals surface area contributed by atoms with Crippen molar-refractivity contribution in [1.29, 1.82) is 0 Å². The predicted octanol–water partition coefficient (Wildman–Crippen LogP) is 4.78. The van der Waals surface area contributed by atoms with E-state index < -0.39 is 0 Å². The third kappa shape index (κ3) is 4.86. The second-order valence-corrected chi connectivity index (χ2v) is 8.62. The van der Waals surface area contributed by atoms with Crippen LogP contribution in [0.2, 0.25) is 0 Å². The van der Waals surface area contributed by atoms with E-state index in [9.17, 15) is 0 Å². The number of nitrogens with zero attached hydrogens (tertiary/aromatic N) is 4. The summed E-state index contributed by atoms with van der Waals surface area (Å²) in [6.45, 7) is 5.21. The Morgan fingerprint density at radius 2 is 1.67 bits per heavy atom. The highest BCUT2D eigenvalue weighted by Crippen LogP contribution is 2.29. The number of hydrogen-bond donors (Lipinski definition) is 1. The Morgan fingerprint density at radius 3 is 2.48 bits per heavy atom. The molecule has 0 saturated carbocycles. The van der Waals surface area contributed by atoms with Crippen LogP contribution in [-0.2, 0) is 6.42 Å². The lowest BCUT2D eigenvalue weighted by molar-refractivity contribution is 0.252. The molecule has 170 valence electrons. The van der Waals surface area contributed by atoms with Gasteiger partial charge in [-0.25, -0.2) is 9.97 Å². The quantitative estimate of drug-likeness (QED) is 0.399. The van der Waals surface area contributed by atoms with Crippen LogP contribution in [0.4, 0.5) is 5.95 Å². The Balaban J connectivity index is 1.08. The lowest BCUT2D eigenvalue weighted by atomic mass is 10.1. The highest BCUT2D eigenvalue weighted by Gasteiger charge is 2.19. The van der Waals surface area contributed by atoms with Crippen molar-refractivity contribution in [3.63, 3.8) is 0 Å². The summed E-state index contributed by atoms with van der Waals surface area (Å²) < 4.78 is 5.47. The van der Waals surface area contributed by atoms with Crippen LogP contribution in [-0.4, -0.2) is 59.7 Å². The maximum Gasteiger partial charge on any atom is 0.225 e. The van der Waals surface area contributed by atoms with Gasteiger partial charge in [0.1, 0.15) is 5.75 Å². The minimum Gasteiger partial charge on any atom is -0.496 e. The van der Waals surface area contributed by atoms with Gasteiger partial charge in [0.15, 0.2) is 0 Å². The van der Waals surface area contributed by atoms with E-state index in [1.165, 1.54) is 29.3 Å². The highest BCUT2D eigenvalue weighted by molar-refractivity contribution is 5.83. The molecule has 1 aliphatic heterocycles. The summed E-state index contributed by atoms with van der Waals surface area (Å²) >= 11 is 0. The summed E-state index contributed by atoms with van der Waals surface area (Å²) in [5.41, 5.74) is 4.67. The second kappa shape index (κ2) is 10.0. The molecule has 0 radical (unpaired) electrons. The number of aryl methyl sites for hydroxylation is 1. The number of anilines is 1. The first-order chi connectivity index (χ1) is 16.3. The summed E-state index contributed by atoms with van der Waals surface area (Å²) in [5.74, 6) is 1.65. The number of benzene rings is 2. The van der Waals surface area contributed by atoms with Gasteiger partial charge in [0.05, 0.1) is 7.11 Å². The number of rotatable bonds is 8. The zero-order valence-corrected chi connectivity index (χ0v) is 19.2. The molecule has 6 nitrogen and oxygen atoms in total. The number of unbranched alkanes of at least 4 members (excludes halogenated alkanes) is 1. The molecule has 1 saturated heterocycles. The van der Waals surface area contributed by atoms with Crippen molar-refractivity contribution in [3.8, 4) is 16.9 Å². The number of aromatic amines is 1. The van der Waals surface area contributed by atoms with Gasteiger partial charge < -0.3 is 14.6 Å². The fourth-order valence-electron chi connectivity index (χ4n) is 4.67. The zero-order chi connectivity index (χ0) is 22.5. The molecule has 1 aliphatic rings. The molecule has 0 aliphatic carbocycles. The molecule has 0 unspecified atom stereocenters. The molecule has 1 N–H and O–H groups in total. The number of H-pyrrole nitrogens is 1. The van der Waals surface area contributed by atoms with E-state index in [1.807, 2.05) is 36.7 Å². The number of nitrogens with one attached hydrogen (secondary N) is 1. The number of para-hydroxylation sites is 2. The smallest absolute Gasteiger partial charge is 0.225 e. The van der Waals surface area contributed by atoms with Gasteiger partial charge in [-0.3, -0.25) is 4.90 Å². The van der Waals surface area contributed by atoms with Crippen molar-refractivity contribution in [2.45, 2.75) is 19.3 Å². The first-order valence-corrected chi connectivity index (χ1v) is 11.8. The van der Waals surface area contributed by atoms with Crippen molar-refractivity contribution >= 4 is 16.9 Å². The average molecular weight is 442 g/mol. The molecule has 0 bridgehead atoms. The van der Waals surface area contributed by atoms with E-state index >= 15 is 0 Å². The molecular weight excluding hydrogens is 410 g/mol. The SMILES string of the molecule is COc1ccccc1-c1cnc(N2CCN(CCCCc3c[nH]c4ccccc34)CC2)nc1. The Bertz CT molecular complexity index is 1180. The van der Waals surface area contributed by atoms with Crippen LogP contribution >= 0.6 is 0 Å². The summed E-state index contributed by atoms with van der Waals surface area (Å²) in [7, 11) is 1.69. The maximum atomic E-state index is 5.47. The van der Waals surface area contributed by atoms with Gasteiger partial charge >= 0.3 is 0 Å². The van der Waals surface area contributed by atoms with Crippen LogP contribution < -0.4 is 9.64 Å².